The standard InChI is InChI=1S/C13H18N2O3/c1-17-12-5-3-4-11(8-12)15-7-6-10(9-15)14-13(16)18-2/h3-5,8,10H,6-7,9H2,1-2H3,(H,14,16)/t10-/m0/s1. The number of carbonyl (C=O) groups is 1. The monoisotopic (exact) mass is 250 g/mol. The number of hydrogen-bond donors (Lipinski definition) is 1. The molecular weight excluding hydrogens is 232 g/mol. The van der Waals surface area contributed by atoms with Crippen LogP contribution >= 0.6 is 0 Å². The summed E-state index contributed by atoms with van der Waals surface area (Å²) in [6.07, 6.45) is 0.555. The van der Waals surface area contributed by atoms with Crippen LogP contribution in [0.25, 0.3) is 0 Å². The molecule has 0 saturated carbocycles. The molecule has 1 atom stereocenters. The van der Waals surface area contributed by atoms with Crippen LogP contribution in [0.15, 0.2) is 24.3 Å². The number of anilines is 1. The second-order valence-electron chi connectivity index (χ2n) is 4.27. The fraction of sp³-hybridized carbons (Fsp3) is 0.462. The second kappa shape index (κ2) is 5.62. The SMILES string of the molecule is COC(=O)N[C@H]1CCN(c2cccc(OC)c2)C1. The van der Waals surface area contributed by atoms with Gasteiger partial charge in [-0.05, 0) is 18.6 Å². The Balaban J connectivity index is 1.97. The van der Waals surface area contributed by atoms with Crippen molar-refractivity contribution in [2.75, 3.05) is 32.2 Å². The molecule has 18 heavy (non-hydrogen) atoms. The Bertz CT molecular complexity index is 422. The van der Waals surface area contributed by atoms with Gasteiger partial charge in [-0.3, -0.25) is 0 Å². The summed E-state index contributed by atoms with van der Waals surface area (Å²) >= 11 is 0. The van der Waals surface area contributed by atoms with Gasteiger partial charge in [0.15, 0.2) is 0 Å². The third-order valence-electron chi connectivity index (χ3n) is 3.11. The maximum Gasteiger partial charge on any atom is 0.407 e. The largest absolute Gasteiger partial charge is 0.497 e. The third kappa shape index (κ3) is 2.85. The summed E-state index contributed by atoms with van der Waals surface area (Å²) in [5, 5.41) is 2.82. The van der Waals surface area contributed by atoms with Gasteiger partial charge in [0.25, 0.3) is 0 Å². The van der Waals surface area contributed by atoms with Gasteiger partial charge in [0.2, 0.25) is 0 Å². The average molecular weight is 250 g/mol. The highest BCUT2D eigenvalue weighted by molar-refractivity contribution is 5.67. The average Bonchev–Trinajstić information content (AvgIpc) is 2.87. The van der Waals surface area contributed by atoms with Crippen LogP contribution in [0.1, 0.15) is 6.42 Å². The van der Waals surface area contributed by atoms with E-state index in [1.165, 1.54) is 7.11 Å². The van der Waals surface area contributed by atoms with Crippen molar-refractivity contribution in [3.63, 3.8) is 0 Å². The minimum Gasteiger partial charge on any atom is -0.497 e. The molecule has 1 aromatic carbocycles. The zero-order chi connectivity index (χ0) is 13.0. The minimum absolute atomic E-state index is 0.142. The van der Waals surface area contributed by atoms with E-state index in [4.69, 9.17) is 4.74 Å². The van der Waals surface area contributed by atoms with Crippen LogP contribution in [0.2, 0.25) is 0 Å². The molecule has 2 rings (SSSR count). The Kier molecular flexibility index (Phi) is 3.92. The number of benzene rings is 1. The van der Waals surface area contributed by atoms with Crippen molar-refractivity contribution in [2.45, 2.75) is 12.5 Å². The Morgan fingerprint density at radius 2 is 2.28 bits per heavy atom. The van der Waals surface area contributed by atoms with Gasteiger partial charge in [0.1, 0.15) is 5.75 Å². The van der Waals surface area contributed by atoms with E-state index >= 15 is 0 Å². The molecule has 1 saturated heterocycles. The predicted octanol–water partition coefficient (Wildman–Crippen LogP) is 1.63. The smallest absolute Gasteiger partial charge is 0.407 e. The molecule has 1 aromatic rings. The van der Waals surface area contributed by atoms with E-state index in [0.29, 0.717) is 0 Å². The van der Waals surface area contributed by atoms with E-state index in [2.05, 4.69) is 15.0 Å². The highest BCUT2D eigenvalue weighted by atomic mass is 16.5. The van der Waals surface area contributed by atoms with Crippen LogP contribution in [0.3, 0.4) is 0 Å². The normalized spacial score (nSPS) is 18.6. The molecule has 1 amide bonds. The predicted molar refractivity (Wildman–Crippen MR) is 69.2 cm³/mol. The topological polar surface area (TPSA) is 50.8 Å². The highest BCUT2D eigenvalue weighted by Crippen LogP contribution is 2.24. The number of hydrogen-bond acceptors (Lipinski definition) is 4. The molecule has 1 N–H and O–H groups in total. The lowest BCUT2D eigenvalue weighted by atomic mass is 10.2. The zero-order valence-corrected chi connectivity index (χ0v) is 10.7. The van der Waals surface area contributed by atoms with Crippen molar-refractivity contribution in [1.82, 2.24) is 5.32 Å². The van der Waals surface area contributed by atoms with E-state index in [1.807, 2.05) is 24.3 Å². The summed E-state index contributed by atoms with van der Waals surface area (Å²) in [6, 6.07) is 8.08. The molecule has 1 aliphatic heterocycles. The molecule has 1 fully saturated rings. The number of amides is 1. The number of nitrogens with zero attached hydrogens (tertiary/aromatic N) is 1. The Morgan fingerprint density at radius 1 is 1.44 bits per heavy atom. The van der Waals surface area contributed by atoms with Crippen molar-refractivity contribution in [3.8, 4) is 5.75 Å². The number of alkyl carbamates (subject to hydrolysis) is 1. The summed E-state index contributed by atoms with van der Waals surface area (Å²) < 4.78 is 9.81. The van der Waals surface area contributed by atoms with Gasteiger partial charge < -0.3 is 19.7 Å². The fourth-order valence-corrected chi connectivity index (χ4v) is 2.15. The summed E-state index contributed by atoms with van der Waals surface area (Å²) in [7, 11) is 3.04. The van der Waals surface area contributed by atoms with E-state index in [0.717, 1.165) is 30.9 Å². The van der Waals surface area contributed by atoms with E-state index in [9.17, 15) is 4.79 Å². The van der Waals surface area contributed by atoms with Gasteiger partial charge in [-0.25, -0.2) is 4.79 Å². The molecule has 98 valence electrons. The lowest BCUT2D eigenvalue weighted by molar-refractivity contribution is 0.167. The number of rotatable bonds is 3. The molecule has 0 spiro atoms. The fourth-order valence-electron chi connectivity index (χ4n) is 2.15. The molecular formula is C13H18N2O3. The first-order valence-electron chi connectivity index (χ1n) is 5.96. The van der Waals surface area contributed by atoms with Crippen molar-refractivity contribution in [1.29, 1.82) is 0 Å². The molecule has 1 aliphatic rings. The second-order valence-corrected chi connectivity index (χ2v) is 4.27. The van der Waals surface area contributed by atoms with Crippen LogP contribution in [0, 0.1) is 0 Å². The molecule has 0 aromatic heterocycles. The van der Waals surface area contributed by atoms with E-state index < -0.39 is 0 Å². The highest BCUT2D eigenvalue weighted by Gasteiger charge is 2.24. The number of carbonyl (C=O) groups excluding carboxylic acids is 1. The van der Waals surface area contributed by atoms with Gasteiger partial charge in [0, 0.05) is 24.8 Å². The van der Waals surface area contributed by atoms with Crippen LogP contribution in [0.5, 0.6) is 5.75 Å². The third-order valence-corrected chi connectivity index (χ3v) is 3.11. The lowest BCUT2D eigenvalue weighted by Gasteiger charge is -2.19. The molecule has 0 bridgehead atoms. The Labute approximate surface area is 107 Å². The van der Waals surface area contributed by atoms with Crippen molar-refractivity contribution in [2.24, 2.45) is 0 Å². The van der Waals surface area contributed by atoms with E-state index in [-0.39, 0.29) is 12.1 Å². The summed E-state index contributed by atoms with van der Waals surface area (Å²) in [6.45, 7) is 1.71. The van der Waals surface area contributed by atoms with Crippen LogP contribution < -0.4 is 15.0 Å². The first kappa shape index (κ1) is 12.5. The van der Waals surface area contributed by atoms with Crippen molar-refractivity contribution < 1.29 is 14.3 Å². The molecule has 5 nitrogen and oxygen atoms in total. The Hall–Kier alpha value is -1.91. The summed E-state index contributed by atoms with van der Waals surface area (Å²) in [4.78, 5) is 13.4. The molecule has 1 heterocycles. The van der Waals surface area contributed by atoms with Crippen LogP contribution in [-0.4, -0.2) is 39.4 Å². The van der Waals surface area contributed by atoms with Gasteiger partial charge in [-0.1, -0.05) is 6.07 Å². The van der Waals surface area contributed by atoms with E-state index in [1.54, 1.807) is 7.11 Å². The number of ether oxygens (including phenoxy) is 2. The first-order valence-corrected chi connectivity index (χ1v) is 5.96. The van der Waals surface area contributed by atoms with Gasteiger partial charge in [-0.2, -0.15) is 0 Å². The molecule has 0 radical (unpaired) electrons. The molecule has 0 unspecified atom stereocenters. The van der Waals surface area contributed by atoms with Crippen LogP contribution in [-0.2, 0) is 4.74 Å². The van der Waals surface area contributed by atoms with Crippen molar-refractivity contribution in [3.05, 3.63) is 24.3 Å². The summed E-state index contributed by atoms with van der Waals surface area (Å²) in [5.41, 5.74) is 1.11. The minimum atomic E-state index is -0.368. The van der Waals surface area contributed by atoms with Crippen molar-refractivity contribution >= 4 is 11.8 Å². The maximum absolute atomic E-state index is 11.1. The first-order chi connectivity index (χ1) is 8.72. The molecule has 0 aliphatic carbocycles. The lowest BCUT2D eigenvalue weighted by Crippen LogP contribution is -2.36. The van der Waals surface area contributed by atoms with Crippen LogP contribution in [0.4, 0.5) is 10.5 Å². The van der Waals surface area contributed by atoms with Gasteiger partial charge in [0.05, 0.1) is 20.3 Å². The molecule has 5 heteroatoms. The number of nitrogens with one attached hydrogen (secondary N) is 1. The number of methoxy groups -OCH3 is 2. The quantitative estimate of drug-likeness (QED) is 0.886. The summed E-state index contributed by atoms with van der Waals surface area (Å²) in [5.74, 6) is 0.844. The zero-order valence-electron chi connectivity index (χ0n) is 10.7. The van der Waals surface area contributed by atoms with Gasteiger partial charge >= 0.3 is 6.09 Å². The maximum atomic E-state index is 11.1. The van der Waals surface area contributed by atoms with Gasteiger partial charge in [-0.15, -0.1) is 0 Å². The Morgan fingerprint density at radius 3 is 3.00 bits per heavy atom.